The summed E-state index contributed by atoms with van der Waals surface area (Å²) in [6, 6.07) is 2.08. The summed E-state index contributed by atoms with van der Waals surface area (Å²) < 4.78 is 1.66. The number of thiazole rings is 1. The molecule has 5 nitrogen and oxygen atoms in total. The maximum Gasteiger partial charge on any atom is 0.212 e. The smallest absolute Gasteiger partial charge is 0.212 e. The third kappa shape index (κ3) is 2.06. The number of nitriles is 1. The van der Waals surface area contributed by atoms with E-state index in [1.807, 2.05) is 33.1 Å². The molecule has 0 atom stereocenters. The minimum absolute atomic E-state index is 0.200. The molecule has 88 valence electrons. The lowest BCUT2D eigenvalue weighted by Crippen LogP contribution is -2.18. The lowest BCUT2D eigenvalue weighted by molar-refractivity contribution is 0.540. The second kappa shape index (κ2) is 3.93. The van der Waals surface area contributed by atoms with E-state index in [-0.39, 0.29) is 5.41 Å². The molecule has 0 aliphatic rings. The van der Waals surface area contributed by atoms with Crippen LogP contribution in [0.15, 0.2) is 5.38 Å². The van der Waals surface area contributed by atoms with Crippen LogP contribution >= 0.6 is 11.3 Å². The summed E-state index contributed by atoms with van der Waals surface area (Å²) in [5.74, 6) is 0. The number of hydrogen-bond acceptors (Lipinski definition) is 5. The molecule has 0 spiro atoms. The van der Waals surface area contributed by atoms with Crippen LogP contribution in [0.25, 0.3) is 5.13 Å². The zero-order valence-electron chi connectivity index (χ0n) is 10.2. The molecule has 2 rings (SSSR count). The van der Waals surface area contributed by atoms with Gasteiger partial charge in [0.05, 0.1) is 11.4 Å². The lowest BCUT2D eigenvalue weighted by Gasteiger charge is -2.18. The fourth-order valence-corrected chi connectivity index (χ4v) is 2.36. The van der Waals surface area contributed by atoms with Gasteiger partial charge < -0.3 is 0 Å². The second-order valence-corrected chi connectivity index (χ2v) is 5.67. The van der Waals surface area contributed by atoms with E-state index in [1.165, 1.54) is 11.3 Å². The van der Waals surface area contributed by atoms with Gasteiger partial charge in [-0.3, -0.25) is 0 Å². The maximum atomic E-state index is 9.06. The Morgan fingerprint density at radius 1 is 1.41 bits per heavy atom. The van der Waals surface area contributed by atoms with E-state index in [1.54, 1.807) is 4.68 Å². The van der Waals surface area contributed by atoms with Crippen molar-refractivity contribution in [3.63, 3.8) is 0 Å². The average Bonchev–Trinajstić information content (AvgIpc) is 2.81. The maximum absolute atomic E-state index is 9.06. The molecule has 0 aromatic carbocycles. The van der Waals surface area contributed by atoms with Gasteiger partial charge in [-0.25, -0.2) is 4.98 Å². The zero-order chi connectivity index (χ0) is 12.6. The normalized spacial score (nSPS) is 11.5. The number of aryl methyl sites for hydroxylation is 1. The highest BCUT2D eigenvalue weighted by Gasteiger charge is 2.27. The van der Waals surface area contributed by atoms with Gasteiger partial charge in [-0.2, -0.15) is 9.94 Å². The molecule has 6 heteroatoms. The summed E-state index contributed by atoms with van der Waals surface area (Å²) in [4.78, 5) is 4.37. The first-order valence-corrected chi connectivity index (χ1v) is 6.10. The molecule has 0 saturated heterocycles. The molecule has 0 radical (unpaired) electrons. The summed E-state index contributed by atoms with van der Waals surface area (Å²) in [6.07, 6.45) is 0. The summed E-state index contributed by atoms with van der Waals surface area (Å²) >= 11 is 1.50. The number of aromatic nitrogens is 4. The van der Waals surface area contributed by atoms with E-state index in [4.69, 9.17) is 5.26 Å². The predicted molar refractivity (Wildman–Crippen MR) is 65.2 cm³/mol. The molecule has 2 aromatic rings. The molecular weight excluding hydrogens is 234 g/mol. The molecule has 0 N–H and O–H groups in total. The fourth-order valence-electron chi connectivity index (χ4n) is 1.60. The van der Waals surface area contributed by atoms with E-state index in [0.29, 0.717) is 5.69 Å². The molecule has 17 heavy (non-hydrogen) atoms. The minimum atomic E-state index is -0.200. The second-order valence-electron chi connectivity index (χ2n) is 4.83. The first-order chi connectivity index (χ1) is 7.93. The predicted octanol–water partition coefficient (Wildman–Crippen LogP) is 2.20. The Balaban J connectivity index is 2.64. The van der Waals surface area contributed by atoms with Crippen LogP contribution < -0.4 is 0 Å². The van der Waals surface area contributed by atoms with E-state index >= 15 is 0 Å². The fraction of sp³-hybridized carbons (Fsp3) is 0.455. The molecule has 2 aromatic heterocycles. The van der Waals surface area contributed by atoms with Crippen LogP contribution in [-0.4, -0.2) is 20.0 Å². The summed E-state index contributed by atoms with van der Waals surface area (Å²) in [6.45, 7) is 8.02. The van der Waals surface area contributed by atoms with Crippen LogP contribution in [0.5, 0.6) is 0 Å². The van der Waals surface area contributed by atoms with Crippen LogP contribution in [0, 0.1) is 18.3 Å². The van der Waals surface area contributed by atoms with Crippen molar-refractivity contribution in [1.82, 2.24) is 20.0 Å². The minimum Gasteiger partial charge on any atom is -0.224 e. The molecule has 0 unspecified atom stereocenters. The Bertz CT molecular complexity index is 582. The quantitative estimate of drug-likeness (QED) is 0.774. The van der Waals surface area contributed by atoms with Crippen LogP contribution in [0.4, 0.5) is 0 Å². The van der Waals surface area contributed by atoms with Gasteiger partial charge in [-0.05, 0) is 6.92 Å². The van der Waals surface area contributed by atoms with Crippen molar-refractivity contribution < 1.29 is 0 Å². The molecule has 0 aliphatic heterocycles. The van der Waals surface area contributed by atoms with Gasteiger partial charge in [-0.1, -0.05) is 26.0 Å². The lowest BCUT2D eigenvalue weighted by atomic mass is 9.90. The van der Waals surface area contributed by atoms with E-state index in [9.17, 15) is 0 Å². The van der Waals surface area contributed by atoms with Crippen LogP contribution in [-0.2, 0) is 5.41 Å². The molecule has 2 heterocycles. The van der Waals surface area contributed by atoms with Gasteiger partial charge in [0.1, 0.15) is 6.07 Å². The van der Waals surface area contributed by atoms with Crippen molar-refractivity contribution in [1.29, 1.82) is 5.26 Å². The van der Waals surface area contributed by atoms with Gasteiger partial charge in [0.2, 0.25) is 5.13 Å². The average molecular weight is 247 g/mol. The van der Waals surface area contributed by atoms with Crippen molar-refractivity contribution in [2.24, 2.45) is 0 Å². The summed E-state index contributed by atoms with van der Waals surface area (Å²) in [5, 5.41) is 19.7. The largest absolute Gasteiger partial charge is 0.224 e. The number of rotatable bonds is 1. The monoisotopic (exact) mass is 247 g/mol. The van der Waals surface area contributed by atoms with Crippen molar-refractivity contribution in [2.75, 3.05) is 0 Å². The zero-order valence-corrected chi connectivity index (χ0v) is 11.0. The van der Waals surface area contributed by atoms with E-state index in [0.717, 1.165) is 16.5 Å². The van der Waals surface area contributed by atoms with Gasteiger partial charge in [-0.15, -0.1) is 16.4 Å². The van der Waals surface area contributed by atoms with Crippen LogP contribution in [0.2, 0.25) is 0 Å². The summed E-state index contributed by atoms with van der Waals surface area (Å²) in [7, 11) is 0. The SMILES string of the molecule is Cc1csc(-n2nnc(C#N)c2C(C)(C)C)n1. The number of nitrogens with zero attached hydrogens (tertiary/aromatic N) is 5. The molecule has 0 aliphatic carbocycles. The molecule has 0 bridgehead atoms. The Morgan fingerprint density at radius 3 is 2.59 bits per heavy atom. The first-order valence-electron chi connectivity index (χ1n) is 5.22. The Labute approximate surface area is 104 Å². The molecular formula is C11H13N5S. The first kappa shape index (κ1) is 11.7. The van der Waals surface area contributed by atoms with Gasteiger partial charge in [0, 0.05) is 10.8 Å². The van der Waals surface area contributed by atoms with Crippen molar-refractivity contribution in [3.8, 4) is 11.2 Å². The Kier molecular flexibility index (Phi) is 2.71. The van der Waals surface area contributed by atoms with Crippen LogP contribution in [0.1, 0.15) is 37.9 Å². The van der Waals surface area contributed by atoms with Crippen LogP contribution in [0.3, 0.4) is 0 Å². The summed E-state index contributed by atoms with van der Waals surface area (Å²) in [5.41, 5.74) is 1.91. The highest BCUT2D eigenvalue weighted by Crippen LogP contribution is 2.27. The standard InChI is InChI=1S/C11H13N5S/c1-7-6-17-10(13-7)16-9(11(2,3)4)8(5-12)14-15-16/h6H,1-4H3. The highest BCUT2D eigenvalue weighted by molar-refractivity contribution is 7.12. The van der Waals surface area contributed by atoms with Crippen molar-refractivity contribution in [3.05, 3.63) is 22.5 Å². The van der Waals surface area contributed by atoms with Crippen molar-refractivity contribution in [2.45, 2.75) is 33.1 Å². The Morgan fingerprint density at radius 2 is 2.12 bits per heavy atom. The van der Waals surface area contributed by atoms with Gasteiger partial charge in [0.25, 0.3) is 0 Å². The molecule has 0 fully saturated rings. The topological polar surface area (TPSA) is 67.4 Å². The van der Waals surface area contributed by atoms with E-state index in [2.05, 4.69) is 21.4 Å². The van der Waals surface area contributed by atoms with Gasteiger partial charge in [0.15, 0.2) is 5.69 Å². The van der Waals surface area contributed by atoms with Crippen molar-refractivity contribution >= 4 is 11.3 Å². The molecule has 0 amide bonds. The Hall–Kier alpha value is -1.74. The van der Waals surface area contributed by atoms with Gasteiger partial charge >= 0.3 is 0 Å². The number of hydrogen-bond donors (Lipinski definition) is 0. The third-order valence-corrected chi connectivity index (χ3v) is 3.21. The third-order valence-electron chi connectivity index (χ3n) is 2.27. The highest BCUT2D eigenvalue weighted by atomic mass is 32.1. The molecule has 0 saturated carbocycles. The van der Waals surface area contributed by atoms with E-state index < -0.39 is 0 Å².